The second kappa shape index (κ2) is 4.32. The van der Waals surface area contributed by atoms with Gasteiger partial charge < -0.3 is 15.1 Å². The lowest BCUT2D eigenvalue weighted by Gasteiger charge is -1.99. The molecule has 1 aromatic carbocycles. The van der Waals surface area contributed by atoms with Crippen LogP contribution in [0, 0.1) is 0 Å². The predicted octanol–water partition coefficient (Wildman–Crippen LogP) is 0.811. The van der Waals surface area contributed by atoms with E-state index in [4.69, 9.17) is 5.11 Å². The van der Waals surface area contributed by atoms with Crippen molar-refractivity contribution in [3.63, 3.8) is 0 Å². The number of benzene rings is 1. The summed E-state index contributed by atoms with van der Waals surface area (Å²) in [6.45, 7) is 0.00890. The van der Waals surface area contributed by atoms with Crippen LogP contribution in [0.4, 0.5) is 0 Å². The number of hydrogen-bond donors (Lipinski definition) is 3. The van der Waals surface area contributed by atoms with E-state index < -0.39 is 0 Å². The van der Waals surface area contributed by atoms with Gasteiger partial charge in [0.15, 0.2) is 5.78 Å². The molecule has 0 radical (unpaired) electrons. The van der Waals surface area contributed by atoms with Crippen molar-refractivity contribution in [1.29, 1.82) is 0 Å². The van der Waals surface area contributed by atoms with E-state index in [1.54, 1.807) is 18.2 Å². The van der Waals surface area contributed by atoms with Crippen LogP contribution in [0.5, 0.6) is 0 Å². The lowest BCUT2D eigenvalue weighted by atomic mass is 10.1. The van der Waals surface area contributed by atoms with E-state index >= 15 is 0 Å². The highest BCUT2D eigenvalue weighted by Crippen LogP contribution is 2.12. The molecule has 1 aromatic heterocycles. The summed E-state index contributed by atoms with van der Waals surface area (Å²) in [5.74, 6) is -0.0296. The van der Waals surface area contributed by atoms with Crippen LogP contribution < -0.4 is 5.69 Å². The number of fused-ring (bicyclic) bond motifs is 1. The fourth-order valence-corrected chi connectivity index (χ4v) is 1.59. The third kappa shape index (κ3) is 2.04. The number of aromatic nitrogens is 2. The van der Waals surface area contributed by atoms with Crippen LogP contribution in [0.1, 0.15) is 23.2 Å². The molecule has 0 bridgehead atoms. The average molecular weight is 220 g/mol. The molecular weight excluding hydrogens is 208 g/mol. The second-order valence-corrected chi connectivity index (χ2v) is 3.59. The quantitative estimate of drug-likeness (QED) is 0.666. The van der Waals surface area contributed by atoms with Crippen LogP contribution >= 0.6 is 0 Å². The molecule has 5 nitrogen and oxygen atoms in total. The van der Waals surface area contributed by atoms with Gasteiger partial charge in [-0.1, -0.05) is 0 Å². The molecule has 0 unspecified atom stereocenters. The molecule has 0 fully saturated rings. The highest BCUT2D eigenvalue weighted by molar-refractivity contribution is 5.98. The number of carbonyl (C=O) groups excluding carboxylic acids is 1. The van der Waals surface area contributed by atoms with Gasteiger partial charge in [0.1, 0.15) is 0 Å². The Balaban J connectivity index is 2.31. The van der Waals surface area contributed by atoms with Crippen molar-refractivity contribution in [3.05, 3.63) is 34.2 Å². The molecule has 0 amide bonds. The summed E-state index contributed by atoms with van der Waals surface area (Å²) in [6.07, 6.45) is 0.775. The SMILES string of the molecule is O=C(CCCO)c1ccc2[nH]c(=O)[nH]c2c1. The first kappa shape index (κ1) is 10.6. The number of Topliss-reactive ketones (excluding diaryl/α,β-unsaturated/α-hetero) is 1. The molecule has 16 heavy (non-hydrogen) atoms. The van der Waals surface area contributed by atoms with Crippen molar-refractivity contribution in [3.8, 4) is 0 Å². The van der Waals surface area contributed by atoms with Crippen LogP contribution in [-0.4, -0.2) is 27.5 Å². The first-order chi connectivity index (χ1) is 7.70. The molecule has 2 rings (SSSR count). The third-order valence-electron chi connectivity index (χ3n) is 2.40. The van der Waals surface area contributed by atoms with Gasteiger partial charge in [-0.2, -0.15) is 0 Å². The van der Waals surface area contributed by atoms with Crippen LogP contribution in [0.3, 0.4) is 0 Å². The predicted molar refractivity (Wildman–Crippen MR) is 59.6 cm³/mol. The van der Waals surface area contributed by atoms with Crippen LogP contribution in [0.2, 0.25) is 0 Å². The number of aliphatic hydroxyl groups is 1. The summed E-state index contributed by atoms with van der Waals surface area (Å²) in [5.41, 5.74) is 1.58. The van der Waals surface area contributed by atoms with Crippen molar-refractivity contribution in [2.75, 3.05) is 6.61 Å². The number of H-pyrrole nitrogens is 2. The van der Waals surface area contributed by atoms with Crippen molar-refractivity contribution >= 4 is 16.8 Å². The summed E-state index contributed by atoms with van der Waals surface area (Å²) in [4.78, 5) is 27.9. The highest BCUT2D eigenvalue weighted by atomic mass is 16.3. The molecule has 0 aliphatic rings. The molecule has 5 heteroatoms. The standard InChI is InChI=1S/C11H12N2O3/c14-5-1-2-10(15)7-3-4-8-9(6-7)13-11(16)12-8/h3-4,6,14H,1-2,5H2,(H2,12,13,16). The maximum atomic E-state index is 11.6. The topological polar surface area (TPSA) is 85.9 Å². The van der Waals surface area contributed by atoms with Crippen LogP contribution in [0.15, 0.2) is 23.0 Å². The van der Waals surface area contributed by atoms with Crippen molar-refractivity contribution < 1.29 is 9.90 Å². The minimum atomic E-state index is -0.282. The average Bonchev–Trinajstić information content (AvgIpc) is 2.64. The summed E-state index contributed by atoms with van der Waals surface area (Å²) < 4.78 is 0. The maximum Gasteiger partial charge on any atom is 0.323 e. The van der Waals surface area contributed by atoms with Gasteiger partial charge >= 0.3 is 5.69 Å². The molecule has 84 valence electrons. The molecule has 0 saturated heterocycles. The second-order valence-electron chi connectivity index (χ2n) is 3.59. The zero-order chi connectivity index (χ0) is 11.5. The lowest BCUT2D eigenvalue weighted by molar-refractivity contribution is 0.0971. The van der Waals surface area contributed by atoms with E-state index in [-0.39, 0.29) is 18.1 Å². The van der Waals surface area contributed by atoms with Gasteiger partial charge in [-0.3, -0.25) is 4.79 Å². The Bertz CT molecular complexity index is 568. The van der Waals surface area contributed by atoms with Gasteiger partial charge in [0, 0.05) is 18.6 Å². The number of aromatic amines is 2. The summed E-state index contributed by atoms with van der Waals surface area (Å²) in [5, 5.41) is 8.63. The van der Waals surface area contributed by atoms with Gasteiger partial charge in [0.25, 0.3) is 0 Å². The Morgan fingerprint density at radius 2 is 2.00 bits per heavy atom. The molecule has 0 aliphatic carbocycles. The van der Waals surface area contributed by atoms with Gasteiger partial charge in [0.2, 0.25) is 0 Å². The molecule has 0 atom stereocenters. The Morgan fingerprint density at radius 1 is 1.25 bits per heavy atom. The minimum absolute atomic E-state index is 0.00890. The van der Waals surface area contributed by atoms with E-state index in [1.807, 2.05) is 0 Å². The summed E-state index contributed by atoms with van der Waals surface area (Å²) >= 11 is 0. The molecule has 0 spiro atoms. The smallest absolute Gasteiger partial charge is 0.323 e. The minimum Gasteiger partial charge on any atom is -0.396 e. The fraction of sp³-hybridized carbons (Fsp3) is 0.273. The molecule has 1 heterocycles. The van der Waals surface area contributed by atoms with E-state index in [9.17, 15) is 9.59 Å². The van der Waals surface area contributed by atoms with Gasteiger partial charge in [-0.25, -0.2) is 4.79 Å². The summed E-state index contributed by atoms with van der Waals surface area (Å²) in [7, 11) is 0. The highest BCUT2D eigenvalue weighted by Gasteiger charge is 2.07. The third-order valence-corrected chi connectivity index (χ3v) is 2.40. The maximum absolute atomic E-state index is 11.6. The Labute approximate surface area is 91.1 Å². The number of nitrogens with one attached hydrogen (secondary N) is 2. The molecule has 0 aliphatic heterocycles. The number of aliphatic hydroxyl groups excluding tert-OH is 1. The monoisotopic (exact) mass is 220 g/mol. The van der Waals surface area contributed by atoms with E-state index in [0.717, 1.165) is 0 Å². The zero-order valence-corrected chi connectivity index (χ0v) is 8.62. The van der Waals surface area contributed by atoms with E-state index in [0.29, 0.717) is 29.4 Å². The van der Waals surface area contributed by atoms with Crippen molar-refractivity contribution in [2.45, 2.75) is 12.8 Å². The number of rotatable bonds is 4. The van der Waals surface area contributed by atoms with Gasteiger partial charge in [-0.15, -0.1) is 0 Å². The van der Waals surface area contributed by atoms with E-state index in [1.165, 1.54) is 0 Å². The van der Waals surface area contributed by atoms with Gasteiger partial charge in [0.05, 0.1) is 11.0 Å². The molecule has 3 N–H and O–H groups in total. The first-order valence-corrected chi connectivity index (χ1v) is 5.07. The van der Waals surface area contributed by atoms with Crippen LogP contribution in [-0.2, 0) is 0 Å². The normalized spacial score (nSPS) is 10.8. The van der Waals surface area contributed by atoms with E-state index in [2.05, 4.69) is 9.97 Å². The lowest BCUT2D eigenvalue weighted by Crippen LogP contribution is -2.00. The molecule has 2 aromatic rings. The molecule has 0 saturated carbocycles. The van der Waals surface area contributed by atoms with Crippen molar-refractivity contribution in [1.82, 2.24) is 9.97 Å². The summed E-state index contributed by atoms with van der Waals surface area (Å²) in [6, 6.07) is 5.01. The first-order valence-electron chi connectivity index (χ1n) is 5.07. The Kier molecular flexibility index (Phi) is 2.87. The largest absolute Gasteiger partial charge is 0.396 e. The Morgan fingerprint density at radius 3 is 2.75 bits per heavy atom. The number of carbonyl (C=O) groups is 1. The number of ketones is 1. The number of hydrogen-bond acceptors (Lipinski definition) is 3. The number of imidazole rings is 1. The van der Waals surface area contributed by atoms with Crippen molar-refractivity contribution in [2.24, 2.45) is 0 Å². The Hall–Kier alpha value is -1.88. The van der Waals surface area contributed by atoms with Crippen LogP contribution in [0.25, 0.3) is 11.0 Å². The zero-order valence-electron chi connectivity index (χ0n) is 8.62. The molecular formula is C11H12N2O3. The van der Waals surface area contributed by atoms with Gasteiger partial charge in [-0.05, 0) is 24.6 Å². The fourth-order valence-electron chi connectivity index (χ4n) is 1.59.